The Morgan fingerprint density at radius 1 is 1.12 bits per heavy atom. The normalized spacial score (nSPS) is 20.8. The highest BCUT2D eigenvalue weighted by atomic mass is 15.2. The van der Waals surface area contributed by atoms with Gasteiger partial charge in [-0.05, 0) is 56.8 Å². The molecular formula is C14H27N3. The fourth-order valence-corrected chi connectivity index (χ4v) is 2.51. The Hall–Kier alpha value is -0.730. The lowest BCUT2D eigenvalue weighted by Crippen LogP contribution is -2.38. The van der Waals surface area contributed by atoms with Gasteiger partial charge in [-0.15, -0.1) is 0 Å². The molecule has 0 unspecified atom stereocenters. The second-order valence-corrected chi connectivity index (χ2v) is 5.49. The summed E-state index contributed by atoms with van der Waals surface area (Å²) in [5.41, 5.74) is 0. The van der Waals surface area contributed by atoms with Crippen LogP contribution in [0.1, 0.15) is 46.0 Å². The monoisotopic (exact) mass is 237 g/mol. The molecule has 2 aliphatic carbocycles. The smallest absolute Gasteiger partial charge is 0.191 e. The van der Waals surface area contributed by atoms with Crippen molar-refractivity contribution in [1.82, 2.24) is 10.6 Å². The van der Waals surface area contributed by atoms with Gasteiger partial charge in [0.1, 0.15) is 0 Å². The minimum Gasteiger partial charge on any atom is -0.357 e. The molecule has 0 aliphatic heterocycles. The van der Waals surface area contributed by atoms with E-state index in [2.05, 4.69) is 24.5 Å². The van der Waals surface area contributed by atoms with Gasteiger partial charge in [0.05, 0.1) is 0 Å². The molecule has 2 N–H and O–H groups in total. The zero-order valence-corrected chi connectivity index (χ0v) is 11.3. The second-order valence-electron chi connectivity index (χ2n) is 5.49. The summed E-state index contributed by atoms with van der Waals surface area (Å²) >= 11 is 0. The van der Waals surface area contributed by atoms with Gasteiger partial charge in [0.25, 0.3) is 0 Å². The molecule has 2 fully saturated rings. The third kappa shape index (κ3) is 4.21. The highest BCUT2D eigenvalue weighted by Gasteiger charge is 2.41. The fourth-order valence-electron chi connectivity index (χ4n) is 2.51. The van der Waals surface area contributed by atoms with Crippen molar-refractivity contribution in [3.8, 4) is 0 Å². The average molecular weight is 237 g/mol. The molecule has 0 radical (unpaired) electrons. The van der Waals surface area contributed by atoms with Gasteiger partial charge in [-0.3, -0.25) is 4.99 Å². The Balaban J connectivity index is 1.80. The van der Waals surface area contributed by atoms with Gasteiger partial charge >= 0.3 is 0 Å². The van der Waals surface area contributed by atoms with E-state index < -0.39 is 0 Å². The minimum absolute atomic E-state index is 0.882. The van der Waals surface area contributed by atoms with Crippen molar-refractivity contribution in [2.24, 2.45) is 22.7 Å². The van der Waals surface area contributed by atoms with Gasteiger partial charge in [0, 0.05) is 19.6 Å². The van der Waals surface area contributed by atoms with Crippen LogP contribution in [0.3, 0.4) is 0 Å². The van der Waals surface area contributed by atoms with E-state index in [1.165, 1.54) is 25.7 Å². The Morgan fingerprint density at radius 3 is 2.24 bits per heavy atom. The highest BCUT2D eigenvalue weighted by Crippen LogP contribution is 2.49. The molecule has 0 bridgehead atoms. The summed E-state index contributed by atoms with van der Waals surface area (Å²) in [7, 11) is 0. The number of guanidine groups is 1. The Morgan fingerprint density at radius 2 is 1.76 bits per heavy atom. The maximum absolute atomic E-state index is 4.77. The largest absolute Gasteiger partial charge is 0.357 e. The molecule has 0 aromatic heterocycles. The lowest BCUT2D eigenvalue weighted by molar-refractivity contribution is 0.417. The lowest BCUT2D eigenvalue weighted by atomic mass is 9.98. The third-order valence-electron chi connectivity index (χ3n) is 3.80. The number of nitrogens with one attached hydrogen (secondary N) is 2. The molecule has 0 aromatic carbocycles. The summed E-state index contributed by atoms with van der Waals surface area (Å²) in [4.78, 5) is 4.77. The number of hydrogen-bond donors (Lipinski definition) is 2. The van der Waals surface area contributed by atoms with E-state index in [1.54, 1.807) is 0 Å². The fraction of sp³-hybridized carbons (Fsp3) is 0.929. The molecule has 0 saturated heterocycles. The number of aliphatic imine (C=N–C) groups is 1. The predicted octanol–water partition coefficient (Wildman–Crippen LogP) is 2.39. The van der Waals surface area contributed by atoms with E-state index in [-0.39, 0.29) is 0 Å². The SMILES string of the molecule is CCCNC(=NCC(C1CC1)C1CC1)NCC. The van der Waals surface area contributed by atoms with Crippen molar-refractivity contribution in [1.29, 1.82) is 0 Å². The maximum atomic E-state index is 4.77. The molecule has 2 saturated carbocycles. The molecule has 0 aromatic rings. The van der Waals surface area contributed by atoms with Crippen LogP contribution < -0.4 is 10.6 Å². The highest BCUT2D eigenvalue weighted by molar-refractivity contribution is 5.79. The van der Waals surface area contributed by atoms with Crippen molar-refractivity contribution in [2.45, 2.75) is 46.0 Å². The molecule has 2 rings (SSSR count). The number of nitrogens with zero attached hydrogens (tertiary/aromatic N) is 1. The van der Waals surface area contributed by atoms with E-state index in [0.717, 1.165) is 49.8 Å². The molecule has 0 amide bonds. The molecule has 17 heavy (non-hydrogen) atoms. The summed E-state index contributed by atoms with van der Waals surface area (Å²) in [6.45, 7) is 7.32. The first-order chi connectivity index (χ1) is 8.35. The third-order valence-corrected chi connectivity index (χ3v) is 3.80. The van der Waals surface area contributed by atoms with Crippen LogP contribution in [0, 0.1) is 17.8 Å². The molecule has 0 spiro atoms. The number of rotatable bonds is 7. The average Bonchev–Trinajstić information content (AvgIpc) is 3.16. The molecular weight excluding hydrogens is 210 g/mol. The molecule has 2 aliphatic rings. The quantitative estimate of drug-likeness (QED) is 0.527. The van der Waals surface area contributed by atoms with E-state index in [4.69, 9.17) is 4.99 Å². The van der Waals surface area contributed by atoms with Crippen LogP contribution in [0.15, 0.2) is 4.99 Å². The van der Waals surface area contributed by atoms with E-state index in [1.807, 2.05) is 0 Å². The molecule has 98 valence electrons. The van der Waals surface area contributed by atoms with Crippen molar-refractivity contribution in [3.05, 3.63) is 0 Å². The van der Waals surface area contributed by atoms with Crippen molar-refractivity contribution in [2.75, 3.05) is 19.6 Å². The van der Waals surface area contributed by atoms with Crippen molar-refractivity contribution < 1.29 is 0 Å². The lowest BCUT2D eigenvalue weighted by Gasteiger charge is -2.15. The van der Waals surface area contributed by atoms with Gasteiger partial charge in [0.2, 0.25) is 0 Å². The van der Waals surface area contributed by atoms with Gasteiger partial charge in [-0.25, -0.2) is 0 Å². The van der Waals surface area contributed by atoms with Crippen LogP contribution in [0.4, 0.5) is 0 Å². The first-order valence-electron chi connectivity index (χ1n) is 7.37. The Bertz CT molecular complexity index is 242. The van der Waals surface area contributed by atoms with E-state index in [9.17, 15) is 0 Å². The topological polar surface area (TPSA) is 36.4 Å². The van der Waals surface area contributed by atoms with Crippen molar-refractivity contribution in [3.63, 3.8) is 0 Å². The summed E-state index contributed by atoms with van der Waals surface area (Å²) in [6, 6.07) is 0. The van der Waals surface area contributed by atoms with Gasteiger partial charge in [-0.2, -0.15) is 0 Å². The summed E-state index contributed by atoms with van der Waals surface area (Å²) in [5.74, 6) is 3.90. The molecule has 3 nitrogen and oxygen atoms in total. The first kappa shape index (κ1) is 12.7. The minimum atomic E-state index is 0.882. The second kappa shape index (κ2) is 6.27. The van der Waals surface area contributed by atoms with Gasteiger partial charge in [-0.1, -0.05) is 6.92 Å². The predicted molar refractivity (Wildman–Crippen MR) is 73.2 cm³/mol. The zero-order valence-electron chi connectivity index (χ0n) is 11.3. The van der Waals surface area contributed by atoms with Gasteiger partial charge < -0.3 is 10.6 Å². The summed E-state index contributed by atoms with van der Waals surface area (Å²) < 4.78 is 0. The van der Waals surface area contributed by atoms with Crippen LogP contribution in [0.25, 0.3) is 0 Å². The van der Waals surface area contributed by atoms with Crippen molar-refractivity contribution >= 4 is 5.96 Å². The standard InChI is InChI=1S/C14H27N3/c1-3-9-16-14(15-4-2)17-10-13(11-5-6-11)12-7-8-12/h11-13H,3-10H2,1-2H3,(H2,15,16,17). The van der Waals surface area contributed by atoms with Crippen LogP contribution in [-0.4, -0.2) is 25.6 Å². The van der Waals surface area contributed by atoms with Crippen LogP contribution in [0.2, 0.25) is 0 Å². The van der Waals surface area contributed by atoms with Crippen LogP contribution in [0.5, 0.6) is 0 Å². The molecule has 3 heteroatoms. The Labute approximate surface area is 105 Å². The first-order valence-corrected chi connectivity index (χ1v) is 7.37. The number of hydrogen-bond acceptors (Lipinski definition) is 1. The molecule has 0 heterocycles. The summed E-state index contributed by atoms with van der Waals surface area (Å²) in [6.07, 6.45) is 6.97. The summed E-state index contributed by atoms with van der Waals surface area (Å²) in [5, 5.41) is 6.71. The van der Waals surface area contributed by atoms with E-state index >= 15 is 0 Å². The van der Waals surface area contributed by atoms with Gasteiger partial charge in [0.15, 0.2) is 5.96 Å². The van der Waals surface area contributed by atoms with E-state index in [0.29, 0.717) is 0 Å². The zero-order chi connectivity index (χ0) is 12.1. The van der Waals surface area contributed by atoms with Crippen LogP contribution in [-0.2, 0) is 0 Å². The maximum Gasteiger partial charge on any atom is 0.191 e. The van der Waals surface area contributed by atoms with Crippen LogP contribution >= 0.6 is 0 Å². The Kier molecular flexibility index (Phi) is 4.69. The molecule has 0 atom stereocenters.